The molecule has 4 rings (SSSR count). The summed E-state index contributed by atoms with van der Waals surface area (Å²) < 4.78 is 0. The molecule has 4 nitrogen and oxygen atoms in total. The highest BCUT2D eigenvalue weighted by molar-refractivity contribution is 6.13. The van der Waals surface area contributed by atoms with Gasteiger partial charge in [0.1, 0.15) is 0 Å². The van der Waals surface area contributed by atoms with E-state index in [1.165, 1.54) is 0 Å². The van der Waals surface area contributed by atoms with E-state index in [0.717, 1.165) is 39.0 Å². The van der Waals surface area contributed by atoms with Crippen LogP contribution in [0.2, 0.25) is 0 Å². The average molecular weight is 353 g/mol. The quantitative estimate of drug-likeness (QED) is 0.553. The van der Waals surface area contributed by atoms with Crippen molar-refractivity contribution in [2.75, 3.05) is 5.32 Å². The van der Waals surface area contributed by atoms with Crippen molar-refractivity contribution in [1.29, 1.82) is 0 Å². The number of carbonyl (C=O) groups excluding carboxylic acids is 1. The van der Waals surface area contributed by atoms with Gasteiger partial charge in [-0.25, -0.2) is 4.98 Å². The molecule has 0 saturated heterocycles. The maximum Gasteiger partial charge on any atom is 0.256 e. The number of amides is 1. The molecule has 4 heteroatoms. The minimum Gasteiger partial charge on any atom is -0.322 e. The Balaban J connectivity index is 1.82. The Bertz CT molecular complexity index is 1140. The second-order valence-corrected chi connectivity index (χ2v) is 6.58. The largest absolute Gasteiger partial charge is 0.322 e. The molecule has 0 fully saturated rings. The molecule has 0 atom stereocenters. The molecule has 0 aliphatic rings. The van der Waals surface area contributed by atoms with Crippen molar-refractivity contribution >= 4 is 22.5 Å². The Kier molecular flexibility index (Phi) is 4.38. The number of aryl methyl sites for hydroxylation is 2. The summed E-state index contributed by atoms with van der Waals surface area (Å²) >= 11 is 0. The van der Waals surface area contributed by atoms with E-state index >= 15 is 0 Å². The third-order valence-electron chi connectivity index (χ3n) is 4.58. The number of fused-ring (bicyclic) bond motifs is 1. The number of anilines is 1. The molecular weight excluding hydrogens is 334 g/mol. The van der Waals surface area contributed by atoms with Gasteiger partial charge in [-0.15, -0.1) is 0 Å². The lowest BCUT2D eigenvalue weighted by Gasteiger charge is -2.12. The molecule has 0 saturated carbocycles. The van der Waals surface area contributed by atoms with E-state index in [-0.39, 0.29) is 5.91 Å². The lowest BCUT2D eigenvalue weighted by Crippen LogP contribution is -2.14. The Hall–Kier alpha value is -3.53. The number of aromatic nitrogens is 2. The van der Waals surface area contributed by atoms with Crippen LogP contribution >= 0.6 is 0 Å². The van der Waals surface area contributed by atoms with Crippen molar-refractivity contribution < 1.29 is 4.79 Å². The number of nitrogens with zero attached hydrogens (tertiary/aromatic N) is 2. The normalized spacial score (nSPS) is 10.7. The van der Waals surface area contributed by atoms with Crippen molar-refractivity contribution in [3.05, 3.63) is 89.7 Å². The summed E-state index contributed by atoms with van der Waals surface area (Å²) in [6, 6.07) is 19.4. The Morgan fingerprint density at radius 2 is 1.70 bits per heavy atom. The smallest absolute Gasteiger partial charge is 0.256 e. The molecule has 2 heterocycles. The van der Waals surface area contributed by atoms with Gasteiger partial charge in [0.2, 0.25) is 0 Å². The van der Waals surface area contributed by atoms with Gasteiger partial charge in [0.15, 0.2) is 0 Å². The van der Waals surface area contributed by atoms with Crippen molar-refractivity contribution in [1.82, 2.24) is 9.97 Å². The first-order valence-corrected chi connectivity index (χ1v) is 8.80. The van der Waals surface area contributed by atoms with Gasteiger partial charge in [-0.05, 0) is 55.3 Å². The summed E-state index contributed by atoms with van der Waals surface area (Å²) in [6.07, 6.45) is 3.45. The van der Waals surface area contributed by atoms with E-state index in [2.05, 4.69) is 10.3 Å². The van der Waals surface area contributed by atoms with Crippen LogP contribution in [0.1, 0.15) is 21.5 Å². The summed E-state index contributed by atoms with van der Waals surface area (Å²) in [5.74, 6) is -0.141. The third-order valence-corrected chi connectivity index (χ3v) is 4.58. The zero-order valence-electron chi connectivity index (χ0n) is 15.2. The molecule has 0 bridgehead atoms. The minimum absolute atomic E-state index is 0.141. The fourth-order valence-electron chi connectivity index (χ4n) is 3.09. The van der Waals surface area contributed by atoms with Gasteiger partial charge in [-0.1, -0.05) is 30.3 Å². The van der Waals surface area contributed by atoms with Gasteiger partial charge in [0.25, 0.3) is 5.91 Å². The zero-order chi connectivity index (χ0) is 18.8. The number of para-hydroxylation sites is 1. The molecule has 132 valence electrons. The maximum absolute atomic E-state index is 13.1. The third kappa shape index (κ3) is 3.42. The van der Waals surface area contributed by atoms with Gasteiger partial charge in [0.05, 0.1) is 16.8 Å². The molecule has 4 aromatic rings. The van der Waals surface area contributed by atoms with Gasteiger partial charge in [-0.3, -0.25) is 9.78 Å². The van der Waals surface area contributed by atoms with Gasteiger partial charge in [0, 0.05) is 29.0 Å². The van der Waals surface area contributed by atoms with Crippen molar-refractivity contribution in [3.63, 3.8) is 0 Å². The molecule has 0 spiro atoms. The van der Waals surface area contributed by atoms with Crippen molar-refractivity contribution in [3.8, 4) is 11.3 Å². The summed E-state index contributed by atoms with van der Waals surface area (Å²) in [5, 5.41) is 3.89. The molecule has 0 radical (unpaired) electrons. The fourth-order valence-corrected chi connectivity index (χ4v) is 3.09. The van der Waals surface area contributed by atoms with Gasteiger partial charge >= 0.3 is 0 Å². The summed E-state index contributed by atoms with van der Waals surface area (Å²) in [4.78, 5) is 21.9. The lowest BCUT2D eigenvalue weighted by molar-refractivity contribution is 0.102. The monoisotopic (exact) mass is 353 g/mol. The molecule has 0 aliphatic carbocycles. The van der Waals surface area contributed by atoms with Crippen LogP contribution in [-0.2, 0) is 0 Å². The van der Waals surface area contributed by atoms with E-state index in [4.69, 9.17) is 4.98 Å². The SMILES string of the molecule is Cc1ccc(C)c(NC(=O)c2cc(-c3ccncc3)nc3ccccc23)c1. The topological polar surface area (TPSA) is 54.9 Å². The van der Waals surface area contributed by atoms with E-state index in [0.29, 0.717) is 5.56 Å². The number of benzene rings is 2. The first-order chi connectivity index (χ1) is 13.1. The molecule has 27 heavy (non-hydrogen) atoms. The van der Waals surface area contributed by atoms with Crippen LogP contribution in [0.4, 0.5) is 5.69 Å². The lowest BCUT2D eigenvalue weighted by atomic mass is 10.0. The molecule has 1 amide bonds. The molecule has 0 unspecified atom stereocenters. The predicted octanol–water partition coefficient (Wildman–Crippen LogP) is 5.17. The number of rotatable bonds is 3. The number of hydrogen-bond donors (Lipinski definition) is 1. The summed E-state index contributed by atoms with van der Waals surface area (Å²) in [6.45, 7) is 4.00. The second-order valence-electron chi connectivity index (χ2n) is 6.58. The Labute approximate surface area is 157 Å². The van der Waals surface area contributed by atoms with E-state index in [9.17, 15) is 4.79 Å². The van der Waals surface area contributed by atoms with Crippen LogP contribution < -0.4 is 5.32 Å². The first kappa shape index (κ1) is 16.9. The predicted molar refractivity (Wildman–Crippen MR) is 109 cm³/mol. The molecular formula is C23H19N3O. The second kappa shape index (κ2) is 7.00. The van der Waals surface area contributed by atoms with Crippen LogP contribution in [0.3, 0.4) is 0 Å². The van der Waals surface area contributed by atoms with Crippen molar-refractivity contribution in [2.24, 2.45) is 0 Å². The highest BCUT2D eigenvalue weighted by Crippen LogP contribution is 2.26. The van der Waals surface area contributed by atoms with Gasteiger partial charge in [-0.2, -0.15) is 0 Å². The Morgan fingerprint density at radius 1 is 0.926 bits per heavy atom. The van der Waals surface area contributed by atoms with Crippen LogP contribution in [-0.4, -0.2) is 15.9 Å². The highest BCUT2D eigenvalue weighted by atomic mass is 16.1. The van der Waals surface area contributed by atoms with E-state index in [1.54, 1.807) is 12.4 Å². The maximum atomic E-state index is 13.1. The minimum atomic E-state index is -0.141. The van der Waals surface area contributed by atoms with Crippen molar-refractivity contribution in [2.45, 2.75) is 13.8 Å². The number of carbonyl (C=O) groups is 1. The highest BCUT2D eigenvalue weighted by Gasteiger charge is 2.15. The summed E-state index contributed by atoms with van der Waals surface area (Å²) in [7, 11) is 0. The summed E-state index contributed by atoms with van der Waals surface area (Å²) in [5.41, 5.74) is 6.03. The van der Waals surface area contributed by atoms with E-state index in [1.807, 2.05) is 74.5 Å². The molecule has 2 aromatic carbocycles. The average Bonchev–Trinajstić information content (AvgIpc) is 2.70. The molecule has 1 N–H and O–H groups in total. The number of hydrogen-bond acceptors (Lipinski definition) is 3. The number of nitrogens with one attached hydrogen (secondary N) is 1. The first-order valence-electron chi connectivity index (χ1n) is 8.80. The zero-order valence-corrected chi connectivity index (χ0v) is 15.2. The number of pyridine rings is 2. The van der Waals surface area contributed by atoms with E-state index < -0.39 is 0 Å². The molecule has 2 aromatic heterocycles. The standard InChI is InChI=1S/C23H19N3O/c1-15-7-8-16(2)21(13-15)26-23(27)19-14-22(17-9-11-24-12-10-17)25-20-6-4-3-5-18(19)20/h3-14H,1-2H3,(H,26,27). The van der Waals surface area contributed by atoms with Crippen LogP contribution in [0.15, 0.2) is 73.1 Å². The van der Waals surface area contributed by atoms with Crippen LogP contribution in [0.5, 0.6) is 0 Å². The fraction of sp³-hybridized carbons (Fsp3) is 0.0870. The van der Waals surface area contributed by atoms with Crippen LogP contribution in [0.25, 0.3) is 22.2 Å². The molecule has 0 aliphatic heterocycles. The van der Waals surface area contributed by atoms with Gasteiger partial charge < -0.3 is 5.32 Å². The van der Waals surface area contributed by atoms with Crippen LogP contribution in [0, 0.1) is 13.8 Å². The Morgan fingerprint density at radius 3 is 2.52 bits per heavy atom.